The number of carbonyl (C=O) groups is 2. The predicted octanol–water partition coefficient (Wildman–Crippen LogP) is 1.04. The molecule has 0 radical (unpaired) electrons. The number of hydrogen-bond donors (Lipinski definition) is 0. The molecule has 1 heterocycles. The summed E-state index contributed by atoms with van der Waals surface area (Å²) in [7, 11) is 0. The number of rotatable bonds is 13. The Morgan fingerprint density at radius 3 is 1.80 bits per heavy atom. The van der Waals surface area contributed by atoms with E-state index in [1.165, 1.54) is 12.2 Å². The zero-order valence-electron chi connectivity index (χ0n) is 14.1. The summed E-state index contributed by atoms with van der Waals surface area (Å²) < 4.78 is 21.6. The Balaban J connectivity index is 1.33. The molecular weight excluding hydrogens is 326 g/mol. The quantitative estimate of drug-likeness (QED) is 0.391. The van der Waals surface area contributed by atoms with Crippen LogP contribution in [-0.4, -0.2) is 69.5 Å². The fraction of sp³-hybridized carbons (Fsp3) is 0.444. The Kier molecular flexibility index (Phi) is 8.68. The van der Waals surface area contributed by atoms with E-state index in [0.717, 1.165) is 10.6 Å². The van der Waals surface area contributed by atoms with Gasteiger partial charge in [-0.15, -0.1) is 0 Å². The lowest BCUT2D eigenvalue weighted by Crippen LogP contribution is -2.33. The van der Waals surface area contributed by atoms with E-state index in [4.69, 9.17) is 18.9 Å². The molecule has 7 nitrogen and oxygen atoms in total. The molecule has 2 rings (SSSR count). The van der Waals surface area contributed by atoms with E-state index in [1.54, 1.807) is 0 Å². The molecule has 0 fully saturated rings. The number of ether oxygens (including phenoxy) is 4. The summed E-state index contributed by atoms with van der Waals surface area (Å²) in [4.78, 5) is 23.7. The number of para-hydroxylation sites is 1. The third-order valence-electron chi connectivity index (χ3n) is 3.34. The molecule has 25 heavy (non-hydrogen) atoms. The van der Waals surface area contributed by atoms with Gasteiger partial charge in [-0.2, -0.15) is 0 Å². The summed E-state index contributed by atoms with van der Waals surface area (Å²) in [5, 5.41) is 0. The minimum atomic E-state index is -0.293. The first-order valence-corrected chi connectivity index (χ1v) is 8.22. The first kappa shape index (κ1) is 19.1. The van der Waals surface area contributed by atoms with Crippen LogP contribution in [0.15, 0.2) is 42.5 Å². The molecule has 0 N–H and O–H groups in total. The number of carbonyl (C=O) groups excluding carboxylic acids is 2. The fourth-order valence-corrected chi connectivity index (χ4v) is 2.08. The van der Waals surface area contributed by atoms with Crippen molar-refractivity contribution >= 4 is 11.8 Å². The largest absolute Gasteiger partial charge is 0.491 e. The van der Waals surface area contributed by atoms with Gasteiger partial charge >= 0.3 is 0 Å². The van der Waals surface area contributed by atoms with Crippen LogP contribution in [0, 0.1) is 0 Å². The topological polar surface area (TPSA) is 74.3 Å². The van der Waals surface area contributed by atoms with E-state index in [-0.39, 0.29) is 18.4 Å². The van der Waals surface area contributed by atoms with Gasteiger partial charge in [-0.25, -0.2) is 0 Å². The fourth-order valence-electron chi connectivity index (χ4n) is 2.08. The molecule has 0 bridgehead atoms. The van der Waals surface area contributed by atoms with Crippen molar-refractivity contribution in [3.63, 3.8) is 0 Å². The van der Waals surface area contributed by atoms with Crippen LogP contribution in [0.25, 0.3) is 0 Å². The molecule has 0 aromatic heterocycles. The third kappa shape index (κ3) is 7.47. The van der Waals surface area contributed by atoms with Gasteiger partial charge in [0.05, 0.1) is 46.2 Å². The van der Waals surface area contributed by atoms with Crippen molar-refractivity contribution in [2.24, 2.45) is 0 Å². The van der Waals surface area contributed by atoms with Gasteiger partial charge in [0.1, 0.15) is 12.4 Å². The van der Waals surface area contributed by atoms with E-state index in [9.17, 15) is 9.59 Å². The Bertz CT molecular complexity index is 542. The molecule has 0 saturated heterocycles. The van der Waals surface area contributed by atoms with Crippen molar-refractivity contribution < 1.29 is 28.5 Å². The van der Waals surface area contributed by atoms with Crippen molar-refractivity contribution in [1.29, 1.82) is 0 Å². The van der Waals surface area contributed by atoms with Gasteiger partial charge in [0.2, 0.25) is 0 Å². The van der Waals surface area contributed by atoms with E-state index in [1.807, 2.05) is 30.3 Å². The number of amides is 2. The molecule has 7 heteroatoms. The normalized spacial score (nSPS) is 13.7. The van der Waals surface area contributed by atoms with Crippen LogP contribution in [0.5, 0.6) is 5.75 Å². The van der Waals surface area contributed by atoms with Crippen LogP contribution in [0.3, 0.4) is 0 Å². The van der Waals surface area contributed by atoms with Crippen LogP contribution < -0.4 is 4.74 Å². The smallest absolute Gasteiger partial charge is 0.253 e. The maximum atomic E-state index is 11.3. The van der Waals surface area contributed by atoms with Crippen molar-refractivity contribution in [3.8, 4) is 5.75 Å². The number of hydrogen-bond acceptors (Lipinski definition) is 6. The molecule has 2 amide bonds. The maximum Gasteiger partial charge on any atom is 0.253 e. The molecule has 0 saturated carbocycles. The summed E-state index contributed by atoms with van der Waals surface area (Å²) >= 11 is 0. The lowest BCUT2D eigenvalue weighted by atomic mass is 10.3. The molecule has 136 valence electrons. The van der Waals surface area contributed by atoms with Gasteiger partial charge in [-0.1, -0.05) is 18.2 Å². The summed E-state index contributed by atoms with van der Waals surface area (Å²) in [6.45, 7) is 3.36. The van der Waals surface area contributed by atoms with Gasteiger partial charge in [-0.3, -0.25) is 14.5 Å². The molecule has 1 aliphatic heterocycles. The highest BCUT2D eigenvalue weighted by Crippen LogP contribution is 2.07. The Morgan fingerprint density at radius 1 is 0.680 bits per heavy atom. The molecule has 0 atom stereocenters. The highest BCUT2D eigenvalue weighted by molar-refractivity contribution is 6.12. The van der Waals surface area contributed by atoms with Crippen molar-refractivity contribution in [2.45, 2.75) is 0 Å². The molecule has 1 aromatic carbocycles. The zero-order valence-corrected chi connectivity index (χ0v) is 14.1. The molecule has 0 spiro atoms. The van der Waals surface area contributed by atoms with E-state index in [0.29, 0.717) is 46.2 Å². The summed E-state index contributed by atoms with van der Waals surface area (Å²) in [6, 6.07) is 9.57. The second-order valence-corrected chi connectivity index (χ2v) is 5.16. The number of imide groups is 1. The van der Waals surface area contributed by atoms with E-state index < -0.39 is 0 Å². The van der Waals surface area contributed by atoms with Crippen LogP contribution >= 0.6 is 0 Å². The van der Waals surface area contributed by atoms with Gasteiger partial charge in [-0.05, 0) is 12.1 Å². The third-order valence-corrected chi connectivity index (χ3v) is 3.34. The summed E-state index contributed by atoms with van der Waals surface area (Å²) in [6.07, 6.45) is 2.52. The van der Waals surface area contributed by atoms with Crippen LogP contribution in [0.4, 0.5) is 0 Å². The average molecular weight is 349 g/mol. The SMILES string of the molecule is O=C1C=CC(=O)N1CCOCCOCCOCCOc1ccccc1. The van der Waals surface area contributed by atoms with E-state index >= 15 is 0 Å². The van der Waals surface area contributed by atoms with Crippen LogP contribution in [-0.2, 0) is 23.8 Å². The summed E-state index contributed by atoms with van der Waals surface area (Å²) in [5.74, 6) is 0.240. The van der Waals surface area contributed by atoms with Crippen LogP contribution in [0.2, 0.25) is 0 Å². The molecule has 0 aliphatic carbocycles. The summed E-state index contributed by atoms with van der Waals surface area (Å²) in [5.41, 5.74) is 0. The molecule has 0 unspecified atom stereocenters. The van der Waals surface area contributed by atoms with Crippen molar-refractivity contribution in [1.82, 2.24) is 4.90 Å². The van der Waals surface area contributed by atoms with Gasteiger partial charge in [0.15, 0.2) is 0 Å². The first-order chi connectivity index (χ1) is 12.3. The predicted molar refractivity (Wildman–Crippen MR) is 90.3 cm³/mol. The monoisotopic (exact) mass is 349 g/mol. The Hall–Kier alpha value is -2.22. The molecule has 1 aliphatic rings. The second kappa shape index (κ2) is 11.4. The number of nitrogens with zero attached hydrogens (tertiary/aromatic N) is 1. The molecule has 1 aromatic rings. The highest BCUT2D eigenvalue weighted by atomic mass is 16.6. The lowest BCUT2D eigenvalue weighted by molar-refractivity contribution is -0.137. The highest BCUT2D eigenvalue weighted by Gasteiger charge is 2.22. The first-order valence-electron chi connectivity index (χ1n) is 8.22. The maximum absolute atomic E-state index is 11.3. The van der Waals surface area contributed by atoms with Crippen LogP contribution in [0.1, 0.15) is 0 Å². The lowest BCUT2D eigenvalue weighted by Gasteiger charge is -2.13. The average Bonchev–Trinajstić information content (AvgIpc) is 2.95. The molecular formula is C18H23NO6. The van der Waals surface area contributed by atoms with Crippen molar-refractivity contribution in [3.05, 3.63) is 42.5 Å². The minimum absolute atomic E-state index is 0.259. The number of benzene rings is 1. The van der Waals surface area contributed by atoms with Gasteiger partial charge < -0.3 is 18.9 Å². The minimum Gasteiger partial charge on any atom is -0.491 e. The van der Waals surface area contributed by atoms with Gasteiger partial charge in [0, 0.05) is 12.2 Å². The second-order valence-electron chi connectivity index (χ2n) is 5.16. The zero-order chi connectivity index (χ0) is 17.7. The van der Waals surface area contributed by atoms with E-state index in [2.05, 4.69) is 0 Å². The van der Waals surface area contributed by atoms with Crippen molar-refractivity contribution in [2.75, 3.05) is 52.8 Å². The van der Waals surface area contributed by atoms with Gasteiger partial charge in [0.25, 0.3) is 11.8 Å². The Morgan fingerprint density at radius 2 is 1.20 bits per heavy atom. The standard InChI is InChI=1S/C18H23NO6/c20-17-6-7-18(21)19(17)8-9-22-10-11-23-12-13-24-14-15-25-16-4-2-1-3-5-16/h1-7H,8-15H2. The Labute approximate surface area is 147 Å².